The Morgan fingerprint density at radius 3 is 1.73 bits per heavy atom. The van der Waals surface area contributed by atoms with Gasteiger partial charge in [-0.05, 0) is 68.7 Å². The summed E-state index contributed by atoms with van der Waals surface area (Å²) >= 11 is 0. The lowest BCUT2D eigenvalue weighted by atomic mass is 10.1. The Balaban J connectivity index is 1.92. The first kappa shape index (κ1) is 24.7. The Hall–Kier alpha value is -2.97. The zero-order chi connectivity index (χ0) is 23.7. The smallest absolute Gasteiger partial charge is 0.434 e. The molecule has 0 heterocycles. The summed E-state index contributed by atoms with van der Waals surface area (Å²) in [5.74, 6) is 1.88. The minimum absolute atomic E-state index is 0.209. The standard InChI is InChI=1S/C28H33O4P/c1-5-6-7-25(20-24-12-18-26(30-4)19-13-24)21-33(29,31-27-14-8-22(2)9-15-27)32-28-16-10-23(3)11-17-28/h8-20H,5-7,21H2,1-4H3/b25-20+. The molecular formula is C28H33O4P. The average Bonchev–Trinajstić information content (AvgIpc) is 2.81. The van der Waals surface area contributed by atoms with Gasteiger partial charge in [-0.3, -0.25) is 0 Å². The minimum atomic E-state index is -3.53. The monoisotopic (exact) mass is 464 g/mol. The maximum absolute atomic E-state index is 14.1. The summed E-state index contributed by atoms with van der Waals surface area (Å²) in [5.41, 5.74) is 4.28. The van der Waals surface area contributed by atoms with Crippen LogP contribution in [0.15, 0.2) is 78.4 Å². The number of ether oxygens (including phenoxy) is 1. The van der Waals surface area contributed by atoms with Gasteiger partial charge in [0.05, 0.1) is 13.3 Å². The predicted octanol–water partition coefficient (Wildman–Crippen LogP) is 8.24. The van der Waals surface area contributed by atoms with Crippen LogP contribution in [0.5, 0.6) is 17.2 Å². The first-order chi connectivity index (χ1) is 15.9. The van der Waals surface area contributed by atoms with Crippen molar-refractivity contribution in [3.63, 3.8) is 0 Å². The normalized spacial score (nSPS) is 11.8. The number of methoxy groups -OCH3 is 1. The summed E-state index contributed by atoms with van der Waals surface area (Å²) in [4.78, 5) is 0. The second kappa shape index (κ2) is 11.8. The van der Waals surface area contributed by atoms with E-state index in [9.17, 15) is 4.57 Å². The molecular weight excluding hydrogens is 431 g/mol. The number of unbranched alkanes of at least 4 members (excludes halogenated alkanes) is 1. The van der Waals surface area contributed by atoms with Gasteiger partial charge in [-0.2, -0.15) is 0 Å². The van der Waals surface area contributed by atoms with Gasteiger partial charge >= 0.3 is 7.60 Å². The van der Waals surface area contributed by atoms with E-state index >= 15 is 0 Å². The molecule has 0 amide bonds. The van der Waals surface area contributed by atoms with E-state index in [4.69, 9.17) is 13.8 Å². The number of allylic oxidation sites excluding steroid dienone is 1. The molecule has 3 aromatic rings. The zero-order valence-electron chi connectivity index (χ0n) is 19.9. The molecule has 33 heavy (non-hydrogen) atoms. The highest BCUT2D eigenvalue weighted by atomic mass is 31.2. The van der Waals surface area contributed by atoms with Crippen molar-refractivity contribution in [3.8, 4) is 17.2 Å². The van der Waals surface area contributed by atoms with Crippen molar-refractivity contribution < 1.29 is 18.3 Å². The third kappa shape index (κ3) is 7.83. The van der Waals surface area contributed by atoms with Crippen LogP contribution in [0.25, 0.3) is 6.08 Å². The van der Waals surface area contributed by atoms with Crippen molar-refractivity contribution in [2.75, 3.05) is 13.3 Å². The first-order valence-corrected chi connectivity index (χ1v) is 13.1. The molecule has 0 fully saturated rings. The second-order valence-electron chi connectivity index (χ2n) is 8.26. The van der Waals surface area contributed by atoms with Gasteiger partial charge in [0.2, 0.25) is 0 Å². The van der Waals surface area contributed by atoms with Crippen molar-refractivity contribution in [1.29, 1.82) is 0 Å². The van der Waals surface area contributed by atoms with Crippen molar-refractivity contribution in [1.82, 2.24) is 0 Å². The van der Waals surface area contributed by atoms with Crippen molar-refractivity contribution in [2.45, 2.75) is 40.0 Å². The maximum Gasteiger partial charge on any atom is 0.434 e. The van der Waals surface area contributed by atoms with Gasteiger partial charge in [-0.15, -0.1) is 0 Å². The molecule has 3 aromatic carbocycles. The van der Waals surface area contributed by atoms with E-state index in [0.717, 1.165) is 47.3 Å². The van der Waals surface area contributed by atoms with E-state index in [0.29, 0.717) is 11.5 Å². The minimum Gasteiger partial charge on any atom is -0.497 e. The molecule has 0 saturated heterocycles. The molecule has 0 N–H and O–H groups in total. The van der Waals surface area contributed by atoms with Crippen LogP contribution in [-0.4, -0.2) is 13.3 Å². The largest absolute Gasteiger partial charge is 0.497 e. The second-order valence-corrected chi connectivity index (χ2v) is 10.2. The Morgan fingerprint density at radius 2 is 1.27 bits per heavy atom. The van der Waals surface area contributed by atoms with Crippen LogP contribution >= 0.6 is 7.60 Å². The molecule has 0 unspecified atom stereocenters. The molecule has 5 heteroatoms. The Kier molecular flexibility index (Phi) is 8.79. The van der Waals surface area contributed by atoms with Crippen molar-refractivity contribution >= 4 is 13.7 Å². The fraction of sp³-hybridized carbons (Fsp3) is 0.286. The Bertz CT molecular complexity index is 1030. The first-order valence-electron chi connectivity index (χ1n) is 11.3. The van der Waals surface area contributed by atoms with Crippen LogP contribution in [0.1, 0.15) is 42.9 Å². The summed E-state index contributed by atoms with van der Waals surface area (Å²) in [6.07, 6.45) is 5.15. The van der Waals surface area contributed by atoms with Gasteiger partial charge in [-0.25, -0.2) is 4.57 Å². The van der Waals surface area contributed by atoms with Crippen LogP contribution in [0, 0.1) is 13.8 Å². The van der Waals surface area contributed by atoms with Gasteiger partial charge in [0, 0.05) is 0 Å². The highest BCUT2D eigenvalue weighted by Gasteiger charge is 2.30. The van der Waals surface area contributed by atoms with Gasteiger partial charge in [0.1, 0.15) is 17.2 Å². The molecule has 0 aliphatic rings. The lowest BCUT2D eigenvalue weighted by Crippen LogP contribution is -2.07. The molecule has 0 spiro atoms. The Labute approximate surface area is 197 Å². The molecule has 0 atom stereocenters. The molecule has 0 bridgehead atoms. The highest BCUT2D eigenvalue weighted by Crippen LogP contribution is 2.50. The van der Waals surface area contributed by atoms with E-state index in [1.54, 1.807) is 7.11 Å². The molecule has 0 saturated carbocycles. The number of benzene rings is 3. The van der Waals surface area contributed by atoms with Crippen molar-refractivity contribution in [3.05, 3.63) is 95.1 Å². The van der Waals surface area contributed by atoms with E-state index in [1.165, 1.54) is 0 Å². The lowest BCUT2D eigenvalue weighted by Gasteiger charge is -2.22. The van der Waals surface area contributed by atoms with Gasteiger partial charge in [0.15, 0.2) is 0 Å². The SMILES string of the molecule is CCCC/C(=C\c1ccc(OC)cc1)CP(=O)(Oc1ccc(C)cc1)Oc1ccc(C)cc1. The molecule has 0 radical (unpaired) electrons. The summed E-state index contributed by atoms with van der Waals surface area (Å²) < 4.78 is 31.4. The fourth-order valence-corrected chi connectivity index (χ4v) is 5.19. The molecule has 0 aliphatic heterocycles. The fourth-order valence-electron chi connectivity index (χ4n) is 3.39. The molecule has 4 nitrogen and oxygen atoms in total. The van der Waals surface area contributed by atoms with Crippen LogP contribution in [0.2, 0.25) is 0 Å². The average molecular weight is 465 g/mol. The van der Waals surface area contributed by atoms with Gasteiger partial charge < -0.3 is 13.8 Å². The summed E-state index contributed by atoms with van der Waals surface area (Å²) in [6.45, 7) is 6.16. The van der Waals surface area contributed by atoms with E-state index in [2.05, 4.69) is 13.0 Å². The zero-order valence-corrected chi connectivity index (χ0v) is 20.8. The quantitative estimate of drug-likeness (QED) is 0.268. The highest BCUT2D eigenvalue weighted by molar-refractivity contribution is 7.55. The van der Waals surface area contributed by atoms with E-state index in [1.807, 2.05) is 86.6 Å². The number of rotatable bonds is 11. The molecule has 0 aromatic heterocycles. The van der Waals surface area contributed by atoms with Crippen LogP contribution in [-0.2, 0) is 4.57 Å². The van der Waals surface area contributed by atoms with E-state index < -0.39 is 7.60 Å². The Morgan fingerprint density at radius 1 is 0.788 bits per heavy atom. The predicted molar refractivity (Wildman–Crippen MR) is 137 cm³/mol. The van der Waals surface area contributed by atoms with Crippen molar-refractivity contribution in [2.24, 2.45) is 0 Å². The molecule has 0 aliphatic carbocycles. The third-order valence-electron chi connectivity index (χ3n) is 5.27. The number of hydrogen-bond donors (Lipinski definition) is 0. The lowest BCUT2D eigenvalue weighted by molar-refractivity contribution is 0.388. The third-order valence-corrected chi connectivity index (χ3v) is 7.04. The summed E-state index contributed by atoms with van der Waals surface area (Å²) in [7, 11) is -1.88. The summed E-state index contributed by atoms with van der Waals surface area (Å²) in [6, 6.07) is 22.9. The van der Waals surface area contributed by atoms with Gasteiger partial charge in [-0.1, -0.05) is 72.5 Å². The topological polar surface area (TPSA) is 44.8 Å². The summed E-state index contributed by atoms with van der Waals surface area (Å²) in [5, 5.41) is 0. The number of aryl methyl sites for hydroxylation is 2. The maximum atomic E-state index is 14.1. The van der Waals surface area contributed by atoms with E-state index in [-0.39, 0.29) is 6.16 Å². The van der Waals surface area contributed by atoms with Crippen LogP contribution < -0.4 is 13.8 Å². The molecule has 3 rings (SSSR count). The van der Waals surface area contributed by atoms with Crippen LogP contribution in [0.4, 0.5) is 0 Å². The van der Waals surface area contributed by atoms with Crippen LogP contribution in [0.3, 0.4) is 0 Å². The number of hydrogen-bond acceptors (Lipinski definition) is 4. The molecule has 174 valence electrons. The van der Waals surface area contributed by atoms with Gasteiger partial charge in [0.25, 0.3) is 0 Å².